The fourth-order valence-electron chi connectivity index (χ4n) is 3.19. The van der Waals surface area contributed by atoms with Crippen LogP contribution in [0.15, 0.2) is 66.7 Å². The Labute approximate surface area is 173 Å². The van der Waals surface area contributed by atoms with Gasteiger partial charge >= 0.3 is 0 Å². The van der Waals surface area contributed by atoms with Gasteiger partial charge in [-0.05, 0) is 61.0 Å². The third kappa shape index (κ3) is 4.10. The summed E-state index contributed by atoms with van der Waals surface area (Å²) < 4.78 is 7.61. The lowest BCUT2D eigenvalue weighted by Crippen LogP contribution is -2.20. The second-order valence-corrected chi connectivity index (χ2v) is 7.24. The van der Waals surface area contributed by atoms with Crippen LogP contribution in [0.1, 0.15) is 5.56 Å². The summed E-state index contributed by atoms with van der Waals surface area (Å²) in [7, 11) is 1.97. The van der Waals surface area contributed by atoms with Crippen molar-refractivity contribution in [2.75, 3.05) is 11.9 Å². The normalized spacial score (nSPS) is 10.9. The first-order valence-electron chi connectivity index (χ1n) is 9.22. The Balaban J connectivity index is 1.45. The second kappa shape index (κ2) is 7.97. The molecule has 1 aromatic heterocycles. The molecule has 1 heterocycles. The van der Waals surface area contributed by atoms with E-state index in [0.717, 1.165) is 28.0 Å². The number of para-hydroxylation sites is 1. The smallest absolute Gasteiger partial charge is 0.262 e. The van der Waals surface area contributed by atoms with Gasteiger partial charge in [0.25, 0.3) is 5.91 Å². The summed E-state index contributed by atoms with van der Waals surface area (Å²) in [6, 6.07) is 20.8. The van der Waals surface area contributed by atoms with Crippen LogP contribution in [0.2, 0.25) is 5.02 Å². The van der Waals surface area contributed by atoms with E-state index in [1.54, 1.807) is 0 Å². The lowest BCUT2D eigenvalue weighted by molar-refractivity contribution is -0.118. The van der Waals surface area contributed by atoms with E-state index >= 15 is 0 Å². The summed E-state index contributed by atoms with van der Waals surface area (Å²) >= 11 is 6.07. The number of aromatic nitrogens is 2. The number of imidazole rings is 1. The third-order valence-corrected chi connectivity index (χ3v) is 4.96. The summed E-state index contributed by atoms with van der Waals surface area (Å²) in [6.45, 7) is 1.90. The van der Waals surface area contributed by atoms with Crippen molar-refractivity contribution in [3.8, 4) is 17.1 Å². The highest BCUT2D eigenvalue weighted by Crippen LogP contribution is 2.26. The average molecular weight is 406 g/mol. The molecule has 0 saturated heterocycles. The Hall–Kier alpha value is -3.31. The van der Waals surface area contributed by atoms with Gasteiger partial charge in [0.05, 0.1) is 11.0 Å². The van der Waals surface area contributed by atoms with Gasteiger partial charge < -0.3 is 14.6 Å². The number of benzene rings is 3. The molecule has 0 aliphatic carbocycles. The summed E-state index contributed by atoms with van der Waals surface area (Å²) in [5.74, 6) is 1.33. The highest BCUT2D eigenvalue weighted by atomic mass is 35.5. The minimum Gasteiger partial charge on any atom is -0.483 e. The molecule has 0 spiro atoms. The molecule has 146 valence electrons. The fraction of sp³-hybridized carbons (Fsp3) is 0.130. The van der Waals surface area contributed by atoms with Gasteiger partial charge in [-0.25, -0.2) is 4.98 Å². The van der Waals surface area contributed by atoms with Gasteiger partial charge in [0.1, 0.15) is 11.6 Å². The van der Waals surface area contributed by atoms with Crippen LogP contribution in [0, 0.1) is 6.92 Å². The molecule has 29 heavy (non-hydrogen) atoms. The molecule has 0 aliphatic heterocycles. The van der Waals surface area contributed by atoms with E-state index in [1.807, 2.05) is 85.3 Å². The SMILES string of the molecule is Cc1ccccc1OCC(=O)Nc1ccc(-c2nc3cc(Cl)ccc3n2C)cc1. The van der Waals surface area contributed by atoms with Gasteiger partial charge in [0, 0.05) is 23.3 Å². The molecule has 0 atom stereocenters. The van der Waals surface area contributed by atoms with Crippen LogP contribution < -0.4 is 10.1 Å². The fourth-order valence-corrected chi connectivity index (χ4v) is 3.36. The Morgan fingerprint density at radius 3 is 2.62 bits per heavy atom. The number of fused-ring (bicyclic) bond motifs is 1. The Morgan fingerprint density at radius 2 is 1.86 bits per heavy atom. The van der Waals surface area contributed by atoms with Crippen molar-refractivity contribution < 1.29 is 9.53 Å². The predicted molar refractivity (Wildman–Crippen MR) is 116 cm³/mol. The number of nitrogens with one attached hydrogen (secondary N) is 1. The highest BCUT2D eigenvalue weighted by Gasteiger charge is 2.11. The largest absolute Gasteiger partial charge is 0.483 e. The van der Waals surface area contributed by atoms with Gasteiger partial charge in [-0.15, -0.1) is 0 Å². The molecule has 0 unspecified atom stereocenters. The number of rotatable bonds is 5. The van der Waals surface area contributed by atoms with E-state index in [-0.39, 0.29) is 12.5 Å². The van der Waals surface area contributed by atoms with E-state index in [9.17, 15) is 4.79 Å². The van der Waals surface area contributed by atoms with Crippen LogP contribution in [0.25, 0.3) is 22.4 Å². The number of carbonyl (C=O) groups excluding carboxylic acids is 1. The van der Waals surface area contributed by atoms with Crippen molar-refractivity contribution in [1.82, 2.24) is 9.55 Å². The summed E-state index contributed by atoms with van der Waals surface area (Å²) in [5, 5.41) is 3.51. The molecule has 1 N–H and O–H groups in total. The number of amides is 1. The van der Waals surface area contributed by atoms with Gasteiger partial charge in [-0.3, -0.25) is 4.79 Å². The molecule has 0 saturated carbocycles. The van der Waals surface area contributed by atoms with Gasteiger partial charge in [0.2, 0.25) is 0 Å². The average Bonchev–Trinajstić information content (AvgIpc) is 3.03. The number of ether oxygens (including phenoxy) is 1. The maximum Gasteiger partial charge on any atom is 0.262 e. The van der Waals surface area contributed by atoms with Crippen molar-refractivity contribution in [3.63, 3.8) is 0 Å². The van der Waals surface area contributed by atoms with Gasteiger partial charge in [-0.1, -0.05) is 29.8 Å². The zero-order valence-electron chi connectivity index (χ0n) is 16.1. The van der Waals surface area contributed by atoms with E-state index in [0.29, 0.717) is 16.5 Å². The molecule has 0 bridgehead atoms. The van der Waals surface area contributed by atoms with Crippen molar-refractivity contribution in [2.24, 2.45) is 7.05 Å². The molecular weight excluding hydrogens is 386 g/mol. The first-order valence-corrected chi connectivity index (χ1v) is 9.60. The van der Waals surface area contributed by atoms with Crippen LogP contribution in [-0.2, 0) is 11.8 Å². The number of carbonyl (C=O) groups is 1. The number of hydrogen-bond donors (Lipinski definition) is 1. The van der Waals surface area contributed by atoms with Crippen LogP contribution >= 0.6 is 11.6 Å². The zero-order chi connectivity index (χ0) is 20.4. The van der Waals surface area contributed by atoms with Crippen molar-refractivity contribution >= 4 is 34.2 Å². The van der Waals surface area contributed by atoms with Crippen LogP contribution in [-0.4, -0.2) is 22.1 Å². The molecule has 5 nitrogen and oxygen atoms in total. The monoisotopic (exact) mass is 405 g/mol. The van der Waals surface area contributed by atoms with Crippen molar-refractivity contribution in [3.05, 3.63) is 77.3 Å². The maximum absolute atomic E-state index is 12.2. The number of anilines is 1. The van der Waals surface area contributed by atoms with Gasteiger partial charge in [-0.2, -0.15) is 0 Å². The lowest BCUT2D eigenvalue weighted by Gasteiger charge is -2.10. The zero-order valence-corrected chi connectivity index (χ0v) is 16.9. The van der Waals surface area contributed by atoms with E-state index in [2.05, 4.69) is 10.3 Å². The lowest BCUT2D eigenvalue weighted by atomic mass is 10.2. The van der Waals surface area contributed by atoms with Crippen molar-refractivity contribution in [1.29, 1.82) is 0 Å². The molecule has 6 heteroatoms. The first-order chi connectivity index (χ1) is 14.0. The van der Waals surface area contributed by atoms with Crippen LogP contribution in [0.4, 0.5) is 5.69 Å². The molecule has 0 aliphatic rings. The molecule has 3 aromatic carbocycles. The van der Waals surface area contributed by atoms with Crippen LogP contribution in [0.3, 0.4) is 0 Å². The number of aryl methyl sites for hydroxylation is 2. The maximum atomic E-state index is 12.2. The molecular formula is C23H20ClN3O2. The summed E-state index contributed by atoms with van der Waals surface area (Å²) in [6.07, 6.45) is 0. The Bertz CT molecular complexity index is 1180. The van der Waals surface area contributed by atoms with Gasteiger partial charge in [0.15, 0.2) is 6.61 Å². The minimum atomic E-state index is -0.210. The van der Waals surface area contributed by atoms with Crippen molar-refractivity contribution in [2.45, 2.75) is 6.92 Å². The third-order valence-electron chi connectivity index (χ3n) is 4.72. The summed E-state index contributed by atoms with van der Waals surface area (Å²) in [4.78, 5) is 16.9. The molecule has 4 aromatic rings. The molecule has 1 amide bonds. The Kier molecular flexibility index (Phi) is 5.23. The number of halogens is 1. The van der Waals surface area contributed by atoms with Crippen LogP contribution in [0.5, 0.6) is 5.75 Å². The summed E-state index contributed by atoms with van der Waals surface area (Å²) in [5.41, 5.74) is 4.51. The predicted octanol–water partition coefficient (Wildman–Crippen LogP) is 5.22. The topological polar surface area (TPSA) is 56.1 Å². The molecule has 4 rings (SSSR count). The number of hydrogen-bond acceptors (Lipinski definition) is 3. The minimum absolute atomic E-state index is 0.0435. The molecule has 0 fully saturated rings. The second-order valence-electron chi connectivity index (χ2n) is 6.81. The molecule has 0 radical (unpaired) electrons. The van der Waals surface area contributed by atoms with E-state index < -0.39 is 0 Å². The Morgan fingerprint density at radius 1 is 1.10 bits per heavy atom. The number of nitrogens with zero attached hydrogens (tertiary/aromatic N) is 2. The quantitative estimate of drug-likeness (QED) is 0.495. The van der Waals surface area contributed by atoms with E-state index in [4.69, 9.17) is 16.3 Å². The highest BCUT2D eigenvalue weighted by molar-refractivity contribution is 6.31. The standard InChI is InChI=1S/C23H20ClN3O2/c1-15-5-3-4-6-21(15)29-14-22(28)25-18-10-7-16(8-11-18)23-26-19-13-17(24)9-12-20(19)27(23)2/h3-13H,14H2,1-2H3,(H,25,28). The van der Waals surface area contributed by atoms with E-state index in [1.165, 1.54) is 0 Å². The first kappa shape index (κ1) is 19.0.